The molecule has 0 bridgehead atoms. The molecule has 1 saturated heterocycles. The average molecular weight is 235 g/mol. The van der Waals surface area contributed by atoms with E-state index in [0.29, 0.717) is 19.1 Å². The summed E-state index contributed by atoms with van der Waals surface area (Å²) in [5, 5.41) is 3.42. The van der Waals surface area contributed by atoms with Gasteiger partial charge in [0.15, 0.2) is 5.79 Å². The summed E-state index contributed by atoms with van der Waals surface area (Å²) < 4.78 is 11.1. The van der Waals surface area contributed by atoms with E-state index in [0.717, 1.165) is 13.1 Å². The predicted octanol–water partition coefficient (Wildman–Crippen LogP) is 2.14. The van der Waals surface area contributed by atoms with Gasteiger partial charge in [0, 0.05) is 13.1 Å². The number of ether oxygens (including phenoxy) is 2. The van der Waals surface area contributed by atoms with Gasteiger partial charge in [-0.15, -0.1) is 0 Å². The highest BCUT2D eigenvalue weighted by atomic mass is 16.7. The normalized spacial score (nSPS) is 20.4. The molecule has 3 nitrogen and oxygen atoms in total. The van der Waals surface area contributed by atoms with Crippen molar-refractivity contribution in [3.05, 3.63) is 35.9 Å². The topological polar surface area (TPSA) is 30.5 Å². The Morgan fingerprint density at radius 3 is 2.53 bits per heavy atom. The molecule has 1 fully saturated rings. The number of rotatable bonds is 5. The molecule has 0 radical (unpaired) electrons. The van der Waals surface area contributed by atoms with Crippen LogP contribution >= 0.6 is 0 Å². The van der Waals surface area contributed by atoms with Crippen molar-refractivity contribution < 1.29 is 9.47 Å². The molecule has 0 aromatic heterocycles. The fourth-order valence-electron chi connectivity index (χ4n) is 2.07. The summed E-state index contributed by atoms with van der Waals surface area (Å²) in [7, 11) is 0. The van der Waals surface area contributed by atoms with Crippen LogP contribution in [0.25, 0.3) is 0 Å². The molecule has 1 atom stereocenters. The van der Waals surface area contributed by atoms with E-state index >= 15 is 0 Å². The molecule has 0 amide bonds. The van der Waals surface area contributed by atoms with Crippen LogP contribution < -0.4 is 5.32 Å². The van der Waals surface area contributed by atoms with Gasteiger partial charge in [0.2, 0.25) is 0 Å². The van der Waals surface area contributed by atoms with Gasteiger partial charge in [-0.1, -0.05) is 37.3 Å². The lowest BCUT2D eigenvalue weighted by molar-refractivity contribution is -0.138. The third-order valence-corrected chi connectivity index (χ3v) is 3.16. The van der Waals surface area contributed by atoms with Gasteiger partial charge in [-0.2, -0.15) is 0 Å². The Balaban J connectivity index is 1.75. The van der Waals surface area contributed by atoms with Gasteiger partial charge >= 0.3 is 0 Å². The maximum Gasteiger partial charge on any atom is 0.178 e. The first-order valence-electron chi connectivity index (χ1n) is 6.23. The summed E-state index contributed by atoms with van der Waals surface area (Å²) in [5.41, 5.74) is 1.36. The molecule has 2 rings (SSSR count). The van der Waals surface area contributed by atoms with E-state index in [1.807, 2.05) is 13.0 Å². The van der Waals surface area contributed by atoms with Crippen LogP contribution in [0.3, 0.4) is 0 Å². The van der Waals surface area contributed by atoms with Crippen molar-refractivity contribution in [2.24, 2.45) is 0 Å². The number of benzene rings is 1. The fourth-order valence-corrected chi connectivity index (χ4v) is 2.07. The first kappa shape index (κ1) is 12.6. The zero-order valence-electron chi connectivity index (χ0n) is 10.6. The molecule has 0 aliphatic carbocycles. The molecule has 1 heterocycles. The maximum atomic E-state index is 5.54. The van der Waals surface area contributed by atoms with Crippen LogP contribution in [-0.2, 0) is 9.47 Å². The van der Waals surface area contributed by atoms with Crippen LogP contribution in [0.4, 0.5) is 0 Å². The van der Waals surface area contributed by atoms with Crippen molar-refractivity contribution in [2.75, 3.05) is 26.3 Å². The van der Waals surface area contributed by atoms with Gasteiger partial charge in [0.05, 0.1) is 13.2 Å². The van der Waals surface area contributed by atoms with Crippen molar-refractivity contribution >= 4 is 0 Å². The van der Waals surface area contributed by atoms with Crippen LogP contribution in [0.15, 0.2) is 30.3 Å². The van der Waals surface area contributed by atoms with E-state index in [1.54, 1.807) is 0 Å². The molecule has 1 aliphatic heterocycles. The van der Waals surface area contributed by atoms with E-state index in [2.05, 4.69) is 36.5 Å². The molecule has 0 saturated carbocycles. The maximum absolute atomic E-state index is 5.54. The number of nitrogens with one attached hydrogen (secondary N) is 1. The fraction of sp³-hybridized carbons (Fsp3) is 0.571. The molecule has 0 unspecified atom stereocenters. The summed E-state index contributed by atoms with van der Waals surface area (Å²) in [6.45, 7) is 7.29. The Morgan fingerprint density at radius 1 is 1.24 bits per heavy atom. The second-order valence-corrected chi connectivity index (χ2v) is 4.77. The van der Waals surface area contributed by atoms with Crippen LogP contribution in [0.5, 0.6) is 0 Å². The summed E-state index contributed by atoms with van der Waals surface area (Å²) in [4.78, 5) is 0. The van der Waals surface area contributed by atoms with Crippen molar-refractivity contribution in [3.63, 3.8) is 0 Å². The molecule has 1 aromatic carbocycles. The molecule has 1 aliphatic rings. The monoisotopic (exact) mass is 235 g/mol. The molecular formula is C14H21NO2. The number of hydrogen-bond donors (Lipinski definition) is 1. The quantitative estimate of drug-likeness (QED) is 0.848. The van der Waals surface area contributed by atoms with Crippen LogP contribution in [-0.4, -0.2) is 32.1 Å². The lowest BCUT2D eigenvalue weighted by Crippen LogP contribution is -2.40. The lowest BCUT2D eigenvalue weighted by Gasteiger charge is -2.23. The first-order valence-corrected chi connectivity index (χ1v) is 6.23. The van der Waals surface area contributed by atoms with Crippen LogP contribution in [0.2, 0.25) is 0 Å². The second-order valence-electron chi connectivity index (χ2n) is 4.77. The van der Waals surface area contributed by atoms with Gasteiger partial charge in [0.25, 0.3) is 0 Å². The SMILES string of the molecule is C[C@H](CNCC1(C)OCCO1)c1ccccc1. The van der Waals surface area contributed by atoms with Crippen molar-refractivity contribution in [2.45, 2.75) is 25.6 Å². The van der Waals surface area contributed by atoms with Gasteiger partial charge in [-0.25, -0.2) is 0 Å². The van der Waals surface area contributed by atoms with Gasteiger partial charge in [-0.3, -0.25) is 0 Å². The van der Waals surface area contributed by atoms with E-state index in [-0.39, 0.29) is 0 Å². The first-order chi connectivity index (χ1) is 8.20. The Kier molecular flexibility index (Phi) is 4.15. The molecule has 94 valence electrons. The summed E-state index contributed by atoms with van der Waals surface area (Å²) in [6.07, 6.45) is 0. The van der Waals surface area contributed by atoms with Crippen LogP contribution in [0, 0.1) is 0 Å². The minimum absolute atomic E-state index is 0.434. The third kappa shape index (κ3) is 3.53. The largest absolute Gasteiger partial charge is 0.347 e. The van der Waals surface area contributed by atoms with E-state index in [9.17, 15) is 0 Å². The molecule has 3 heteroatoms. The van der Waals surface area contributed by atoms with Crippen molar-refractivity contribution in [1.82, 2.24) is 5.32 Å². The smallest absolute Gasteiger partial charge is 0.178 e. The predicted molar refractivity (Wildman–Crippen MR) is 68.0 cm³/mol. The Bertz CT molecular complexity index is 333. The highest BCUT2D eigenvalue weighted by molar-refractivity contribution is 5.18. The summed E-state index contributed by atoms with van der Waals surface area (Å²) in [6, 6.07) is 10.5. The zero-order chi connectivity index (χ0) is 12.1. The minimum Gasteiger partial charge on any atom is -0.347 e. The van der Waals surface area contributed by atoms with Gasteiger partial charge < -0.3 is 14.8 Å². The van der Waals surface area contributed by atoms with Crippen molar-refractivity contribution in [1.29, 1.82) is 0 Å². The lowest BCUT2D eigenvalue weighted by atomic mass is 10.0. The third-order valence-electron chi connectivity index (χ3n) is 3.16. The highest BCUT2D eigenvalue weighted by Crippen LogP contribution is 2.18. The minimum atomic E-state index is -0.434. The van der Waals surface area contributed by atoms with Gasteiger partial charge in [-0.05, 0) is 18.4 Å². The molecule has 17 heavy (non-hydrogen) atoms. The second kappa shape index (κ2) is 5.63. The van der Waals surface area contributed by atoms with Gasteiger partial charge in [0.1, 0.15) is 0 Å². The molecule has 1 N–H and O–H groups in total. The summed E-state index contributed by atoms with van der Waals surface area (Å²) in [5.74, 6) is 0.0670. The van der Waals surface area contributed by atoms with Crippen LogP contribution in [0.1, 0.15) is 25.3 Å². The average Bonchev–Trinajstić information content (AvgIpc) is 2.77. The highest BCUT2D eigenvalue weighted by Gasteiger charge is 2.30. The van der Waals surface area contributed by atoms with Crippen molar-refractivity contribution in [3.8, 4) is 0 Å². The zero-order valence-corrected chi connectivity index (χ0v) is 10.6. The Hall–Kier alpha value is -0.900. The van der Waals surface area contributed by atoms with E-state index in [1.165, 1.54) is 5.56 Å². The van der Waals surface area contributed by atoms with E-state index < -0.39 is 5.79 Å². The molecule has 0 spiro atoms. The molecular weight excluding hydrogens is 214 g/mol. The Morgan fingerprint density at radius 2 is 1.88 bits per heavy atom. The standard InChI is InChI=1S/C14H21NO2/c1-12(13-6-4-3-5-7-13)10-15-11-14(2)16-8-9-17-14/h3-7,12,15H,8-11H2,1-2H3/t12-/m1/s1. The number of hydrogen-bond acceptors (Lipinski definition) is 3. The van der Waals surface area contributed by atoms with E-state index in [4.69, 9.17) is 9.47 Å². The summed E-state index contributed by atoms with van der Waals surface area (Å²) >= 11 is 0. The molecule has 1 aromatic rings. The Labute approximate surface area is 103 Å².